The van der Waals surface area contributed by atoms with Crippen molar-refractivity contribution in [2.75, 3.05) is 70.5 Å². The second kappa shape index (κ2) is 9.93. The van der Waals surface area contributed by atoms with Crippen molar-refractivity contribution >= 4 is 11.7 Å². The van der Waals surface area contributed by atoms with Crippen molar-refractivity contribution in [1.29, 1.82) is 0 Å². The highest BCUT2D eigenvalue weighted by molar-refractivity contribution is 5.74. The SMILES string of the molecule is O=C(NC[C@H]1O[C@@H](CO)[C@@H](O)[C@H]1N1CCN(c2ccccc2)CC1)N1CCOCC1. The van der Waals surface area contributed by atoms with E-state index < -0.39 is 12.2 Å². The molecule has 4 atom stereocenters. The number of para-hydroxylation sites is 1. The van der Waals surface area contributed by atoms with Crippen LogP contribution in [0.5, 0.6) is 0 Å². The number of benzene rings is 1. The molecule has 0 radical (unpaired) electrons. The number of amides is 2. The maximum absolute atomic E-state index is 12.4. The van der Waals surface area contributed by atoms with Gasteiger partial charge < -0.3 is 34.8 Å². The molecule has 0 aliphatic carbocycles. The van der Waals surface area contributed by atoms with Crippen LogP contribution in [0.15, 0.2) is 30.3 Å². The number of aliphatic hydroxyl groups is 2. The summed E-state index contributed by atoms with van der Waals surface area (Å²) in [6, 6.07) is 9.90. The highest BCUT2D eigenvalue weighted by atomic mass is 16.5. The Hall–Kier alpha value is -1.91. The lowest BCUT2D eigenvalue weighted by atomic mass is 10.0. The van der Waals surface area contributed by atoms with E-state index in [-0.39, 0.29) is 24.8 Å². The molecule has 9 nitrogen and oxygen atoms in total. The molecule has 2 amide bonds. The lowest BCUT2D eigenvalue weighted by molar-refractivity contribution is -0.0211. The fourth-order valence-corrected chi connectivity index (χ4v) is 4.58. The lowest BCUT2D eigenvalue weighted by Crippen LogP contribution is -2.58. The molecule has 30 heavy (non-hydrogen) atoms. The summed E-state index contributed by atoms with van der Waals surface area (Å²) in [7, 11) is 0. The number of carbonyl (C=O) groups is 1. The van der Waals surface area contributed by atoms with Gasteiger partial charge in [0, 0.05) is 51.5 Å². The maximum Gasteiger partial charge on any atom is 0.317 e. The number of aliphatic hydroxyl groups excluding tert-OH is 2. The quantitative estimate of drug-likeness (QED) is 0.582. The molecule has 0 unspecified atom stereocenters. The fourth-order valence-electron chi connectivity index (χ4n) is 4.58. The van der Waals surface area contributed by atoms with Gasteiger partial charge in [-0.3, -0.25) is 4.90 Å². The summed E-state index contributed by atoms with van der Waals surface area (Å²) in [4.78, 5) is 18.7. The van der Waals surface area contributed by atoms with Gasteiger partial charge in [-0.05, 0) is 12.1 Å². The number of carbonyl (C=O) groups excluding carboxylic acids is 1. The van der Waals surface area contributed by atoms with Crippen LogP contribution in [-0.2, 0) is 9.47 Å². The van der Waals surface area contributed by atoms with Crippen LogP contribution in [0.25, 0.3) is 0 Å². The smallest absolute Gasteiger partial charge is 0.317 e. The Kier molecular flexibility index (Phi) is 7.06. The Morgan fingerprint density at radius 2 is 1.73 bits per heavy atom. The van der Waals surface area contributed by atoms with E-state index in [1.165, 1.54) is 5.69 Å². The van der Waals surface area contributed by atoms with E-state index in [1.54, 1.807) is 4.90 Å². The predicted octanol–water partition coefficient (Wildman–Crippen LogP) is -0.660. The molecule has 0 aromatic heterocycles. The van der Waals surface area contributed by atoms with Gasteiger partial charge in [-0.1, -0.05) is 18.2 Å². The number of hydrogen-bond acceptors (Lipinski definition) is 7. The molecule has 1 aromatic carbocycles. The molecular weight excluding hydrogens is 388 g/mol. The fraction of sp³-hybridized carbons (Fsp3) is 0.667. The monoisotopic (exact) mass is 420 g/mol. The molecule has 0 saturated carbocycles. The molecule has 4 rings (SSSR count). The second-order valence-electron chi connectivity index (χ2n) is 8.02. The third kappa shape index (κ3) is 4.70. The number of anilines is 1. The van der Waals surface area contributed by atoms with E-state index in [9.17, 15) is 15.0 Å². The first-order valence-electron chi connectivity index (χ1n) is 10.8. The van der Waals surface area contributed by atoms with Crippen LogP contribution >= 0.6 is 0 Å². The number of morpholine rings is 1. The number of rotatable bonds is 5. The molecule has 9 heteroatoms. The average Bonchev–Trinajstić information content (AvgIpc) is 3.14. The molecule has 3 fully saturated rings. The third-order valence-electron chi connectivity index (χ3n) is 6.25. The van der Waals surface area contributed by atoms with Crippen LogP contribution in [0.2, 0.25) is 0 Å². The lowest BCUT2D eigenvalue weighted by Gasteiger charge is -2.41. The molecule has 3 heterocycles. The third-order valence-corrected chi connectivity index (χ3v) is 6.25. The Balaban J connectivity index is 1.35. The van der Waals surface area contributed by atoms with Crippen LogP contribution in [-0.4, -0.2) is 116 Å². The zero-order valence-electron chi connectivity index (χ0n) is 17.2. The van der Waals surface area contributed by atoms with Crippen LogP contribution in [0.3, 0.4) is 0 Å². The number of nitrogens with zero attached hydrogens (tertiary/aromatic N) is 3. The van der Waals surface area contributed by atoms with Crippen molar-refractivity contribution in [1.82, 2.24) is 15.1 Å². The Labute approximate surface area is 177 Å². The van der Waals surface area contributed by atoms with Gasteiger partial charge in [-0.15, -0.1) is 0 Å². The van der Waals surface area contributed by atoms with Gasteiger partial charge in [0.15, 0.2) is 0 Å². The predicted molar refractivity (Wildman–Crippen MR) is 112 cm³/mol. The first-order valence-corrected chi connectivity index (χ1v) is 10.8. The van der Waals surface area contributed by atoms with E-state index in [0.29, 0.717) is 32.8 Å². The van der Waals surface area contributed by atoms with E-state index in [1.807, 2.05) is 18.2 Å². The summed E-state index contributed by atoms with van der Waals surface area (Å²) in [5.41, 5.74) is 1.20. The van der Waals surface area contributed by atoms with Crippen molar-refractivity contribution in [2.45, 2.75) is 24.4 Å². The van der Waals surface area contributed by atoms with Gasteiger partial charge in [0.2, 0.25) is 0 Å². The van der Waals surface area contributed by atoms with Crippen molar-refractivity contribution in [3.63, 3.8) is 0 Å². The number of hydrogen-bond donors (Lipinski definition) is 3. The van der Waals surface area contributed by atoms with Crippen LogP contribution in [0.4, 0.5) is 10.5 Å². The van der Waals surface area contributed by atoms with Crippen molar-refractivity contribution in [2.24, 2.45) is 0 Å². The van der Waals surface area contributed by atoms with Crippen LogP contribution < -0.4 is 10.2 Å². The standard InChI is InChI=1S/C21H32N4O5/c26-15-18-20(27)19(17(30-18)14-22-21(28)25-10-12-29-13-11-25)24-8-6-23(7-9-24)16-4-2-1-3-5-16/h1-5,17-20,26-27H,6-15H2,(H,22,28)/t17-,18+,19+,20-/m1/s1. The maximum atomic E-state index is 12.4. The Morgan fingerprint density at radius 1 is 1.03 bits per heavy atom. The highest BCUT2D eigenvalue weighted by Gasteiger charge is 2.46. The molecule has 0 spiro atoms. The normalized spacial score (nSPS) is 30.5. The minimum absolute atomic E-state index is 0.142. The zero-order chi connectivity index (χ0) is 20.9. The summed E-state index contributed by atoms with van der Waals surface area (Å²) in [5, 5.41) is 23.3. The largest absolute Gasteiger partial charge is 0.394 e. The molecule has 1 aromatic rings. The molecule has 3 aliphatic heterocycles. The molecule has 3 N–H and O–H groups in total. The summed E-state index contributed by atoms with van der Waals surface area (Å²) in [5.74, 6) is 0. The highest BCUT2D eigenvalue weighted by Crippen LogP contribution is 2.27. The van der Waals surface area contributed by atoms with Gasteiger partial charge in [0.1, 0.15) is 12.2 Å². The molecule has 0 bridgehead atoms. The molecular formula is C21H32N4O5. The Morgan fingerprint density at radius 3 is 2.40 bits per heavy atom. The topological polar surface area (TPSA) is 97.7 Å². The number of piperazine rings is 1. The molecule has 3 saturated heterocycles. The van der Waals surface area contributed by atoms with E-state index in [4.69, 9.17) is 9.47 Å². The summed E-state index contributed by atoms with van der Waals surface area (Å²) < 4.78 is 11.2. The van der Waals surface area contributed by atoms with Gasteiger partial charge in [-0.2, -0.15) is 0 Å². The summed E-state index contributed by atoms with van der Waals surface area (Å²) in [6.45, 7) is 5.57. The summed E-state index contributed by atoms with van der Waals surface area (Å²) >= 11 is 0. The minimum atomic E-state index is -0.788. The first kappa shape index (κ1) is 21.3. The van der Waals surface area contributed by atoms with E-state index in [0.717, 1.165) is 26.2 Å². The first-order chi connectivity index (χ1) is 14.7. The average molecular weight is 421 g/mol. The van der Waals surface area contributed by atoms with Crippen LogP contribution in [0.1, 0.15) is 0 Å². The Bertz CT molecular complexity index is 679. The van der Waals surface area contributed by atoms with E-state index in [2.05, 4.69) is 27.2 Å². The number of ether oxygens (including phenoxy) is 2. The van der Waals surface area contributed by atoms with Crippen molar-refractivity contribution < 1.29 is 24.5 Å². The van der Waals surface area contributed by atoms with Crippen molar-refractivity contribution in [3.8, 4) is 0 Å². The van der Waals surface area contributed by atoms with E-state index >= 15 is 0 Å². The summed E-state index contributed by atoms with van der Waals surface area (Å²) in [6.07, 6.45) is -1.79. The number of urea groups is 1. The van der Waals surface area contributed by atoms with Crippen LogP contribution in [0, 0.1) is 0 Å². The zero-order valence-corrected chi connectivity index (χ0v) is 17.2. The van der Waals surface area contributed by atoms with Gasteiger partial charge >= 0.3 is 6.03 Å². The minimum Gasteiger partial charge on any atom is -0.394 e. The second-order valence-corrected chi connectivity index (χ2v) is 8.02. The molecule has 166 valence electrons. The van der Waals surface area contributed by atoms with Crippen molar-refractivity contribution in [3.05, 3.63) is 30.3 Å². The van der Waals surface area contributed by atoms with Gasteiger partial charge in [0.25, 0.3) is 0 Å². The van der Waals surface area contributed by atoms with Gasteiger partial charge in [-0.25, -0.2) is 4.79 Å². The van der Waals surface area contributed by atoms with Gasteiger partial charge in [0.05, 0.1) is 32.0 Å². The molecule has 3 aliphatic rings. The number of nitrogens with one attached hydrogen (secondary N) is 1.